The summed E-state index contributed by atoms with van der Waals surface area (Å²) < 4.78 is 5.91. The Morgan fingerprint density at radius 2 is 2.29 bits per heavy atom. The Bertz CT molecular complexity index is 427. The minimum Gasteiger partial charge on any atom is -0.376 e. The van der Waals surface area contributed by atoms with Crippen molar-refractivity contribution in [2.45, 2.75) is 65.1 Å². The van der Waals surface area contributed by atoms with E-state index in [9.17, 15) is 0 Å². The predicted molar refractivity (Wildman–Crippen MR) is 90.2 cm³/mol. The summed E-state index contributed by atoms with van der Waals surface area (Å²) >= 11 is 1.80. The Balaban J connectivity index is 1.88. The molecule has 4 nitrogen and oxygen atoms in total. The molecule has 0 radical (unpaired) electrons. The molecule has 21 heavy (non-hydrogen) atoms. The van der Waals surface area contributed by atoms with Gasteiger partial charge in [-0.2, -0.15) is 0 Å². The summed E-state index contributed by atoms with van der Waals surface area (Å²) in [5.74, 6) is 0. The van der Waals surface area contributed by atoms with Crippen LogP contribution in [-0.4, -0.2) is 36.3 Å². The molecule has 1 aromatic rings. The van der Waals surface area contributed by atoms with Gasteiger partial charge in [0.2, 0.25) is 0 Å². The smallest absolute Gasteiger partial charge is 0.185 e. The molecule has 1 N–H and O–H groups in total. The van der Waals surface area contributed by atoms with Gasteiger partial charge in [-0.3, -0.25) is 0 Å². The van der Waals surface area contributed by atoms with Crippen LogP contribution in [-0.2, 0) is 11.3 Å². The van der Waals surface area contributed by atoms with E-state index in [1.54, 1.807) is 11.3 Å². The van der Waals surface area contributed by atoms with Crippen LogP contribution in [0, 0.1) is 0 Å². The van der Waals surface area contributed by atoms with Crippen molar-refractivity contribution >= 4 is 16.5 Å². The summed E-state index contributed by atoms with van der Waals surface area (Å²) in [5, 5.41) is 4.66. The molecule has 120 valence electrons. The third-order valence-corrected chi connectivity index (χ3v) is 4.60. The zero-order valence-electron chi connectivity index (χ0n) is 13.8. The maximum absolute atomic E-state index is 5.91. The van der Waals surface area contributed by atoms with E-state index in [0.717, 1.165) is 37.8 Å². The molecule has 1 fully saturated rings. The summed E-state index contributed by atoms with van der Waals surface area (Å²) in [4.78, 5) is 8.29. The van der Waals surface area contributed by atoms with Crippen LogP contribution < -0.4 is 10.2 Å². The Labute approximate surface area is 132 Å². The number of nitrogens with one attached hydrogen (secondary N) is 1. The number of piperidine rings is 1. The molecule has 1 aliphatic heterocycles. The normalized spacial score (nSPS) is 20.0. The molecule has 0 aliphatic carbocycles. The fourth-order valence-corrected chi connectivity index (χ4v) is 3.29. The van der Waals surface area contributed by atoms with E-state index in [0.29, 0.717) is 6.10 Å². The summed E-state index contributed by atoms with van der Waals surface area (Å²) in [6.45, 7) is 12.6. The second-order valence-corrected chi connectivity index (χ2v) is 7.89. The zero-order chi connectivity index (χ0) is 15.3. The molecule has 1 saturated heterocycles. The number of rotatable bonds is 6. The molecule has 1 unspecified atom stereocenters. The second kappa shape index (κ2) is 7.56. The van der Waals surface area contributed by atoms with E-state index in [1.165, 1.54) is 17.7 Å². The molecule has 2 heterocycles. The fraction of sp³-hybridized carbons (Fsp3) is 0.812. The van der Waals surface area contributed by atoms with Gasteiger partial charge in [0, 0.05) is 42.9 Å². The monoisotopic (exact) mass is 311 g/mol. The number of hydrogen-bond acceptors (Lipinski definition) is 5. The summed E-state index contributed by atoms with van der Waals surface area (Å²) in [5.41, 5.74) is 0.147. The van der Waals surface area contributed by atoms with Gasteiger partial charge < -0.3 is 15.0 Å². The van der Waals surface area contributed by atoms with Crippen LogP contribution in [0.3, 0.4) is 0 Å². The number of hydrogen-bond donors (Lipinski definition) is 1. The van der Waals surface area contributed by atoms with E-state index < -0.39 is 0 Å². The van der Waals surface area contributed by atoms with Crippen LogP contribution >= 0.6 is 11.3 Å². The molecule has 0 aromatic carbocycles. The van der Waals surface area contributed by atoms with Gasteiger partial charge in [-0.15, -0.1) is 11.3 Å². The van der Waals surface area contributed by atoms with Crippen molar-refractivity contribution in [1.82, 2.24) is 10.3 Å². The van der Waals surface area contributed by atoms with Crippen LogP contribution in [0.4, 0.5) is 5.13 Å². The lowest BCUT2D eigenvalue weighted by molar-refractivity contribution is 0.0440. The van der Waals surface area contributed by atoms with Crippen molar-refractivity contribution in [1.29, 1.82) is 0 Å². The standard InChI is InChI=1S/C16H29N3OS/c1-5-9-20-13-7-6-8-19(12-13)15-17-10-14(21-15)11-18-16(2,3)4/h10,13,18H,5-9,11-12H2,1-4H3. The fourth-order valence-electron chi connectivity index (χ4n) is 2.41. The molecule has 0 bridgehead atoms. The highest BCUT2D eigenvalue weighted by Gasteiger charge is 2.22. The molecule has 0 amide bonds. The average molecular weight is 311 g/mol. The maximum atomic E-state index is 5.91. The lowest BCUT2D eigenvalue weighted by Gasteiger charge is -2.32. The van der Waals surface area contributed by atoms with Crippen molar-refractivity contribution < 1.29 is 4.74 Å². The van der Waals surface area contributed by atoms with Crippen molar-refractivity contribution in [2.24, 2.45) is 0 Å². The van der Waals surface area contributed by atoms with E-state index in [2.05, 4.69) is 42.9 Å². The van der Waals surface area contributed by atoms with Crippen molar-refractivity contribution in [3.8, 4) is 0 Å². The Morgan fingerprint density at radius 1 is 1.48 bits per heavy atom. The molecule has 1 atom stereocenters. The van der Waals surface area contributed by atoms with E-state index in [1.807, 2.05) is 6.20 Å². The first-order valence-electron chi connectivity index (χ1n) is 8.04. The van der Waals surface area contributed by atoms with Crippen molar-refractivity contribution in [2.75, 3.05) is 24.6 Å². The highest BCUT2D eigenvalue weighted by Crippen LogP contribution is 2.26. The first kappa shape index (κ1) is 16.7. The van der Waals surface area contributed by atoms with Crippen molar-refractivity contribution in [3.05, 3.63) is 11.1 Å². The van der Waals surface area contributed by atoms with Crippen molar-refractivity contribution in [3.63, 3.8) is 0 Å². The predicted octanol–water partition coefficient (Wildman–Crippen LogP) is 3.43. The van der Waals surface area contributed by atoms with Gasteiger partial charge >= 0.3 is 0 Å². The number of ether oxygens (including phenoxy) is 1. The molecule has 0 saturated carbocycles. The van der Waals surface area contributed by atoms with Crippen LogP contribution in [0.2, 0.25) is 0 Å². The molecular formula is C16H29N3OS. The first-order chi connectivity index (χ1) is 9.98. The minimum absolute atomic E-state index is 0.147. The van der Waals surface area contributed by atoms with Crippen LogP contribution in [0.25, 0.3) is 0 Å². The third-order valence-electron chi connectivity index (χ3n) is 3.54. The molecule has 2 rings (SSSR count). The summed E-state index contributed by atoms with van der Waals surface area (Å²) in [6, 6.07) is 0. The average Bonchev–Trinajstić information content (AvgIpc) is 2.91. The van der Waals surface area contributed by atoms with Gasteiger partial charge in [-0.25, -0.2) is 4.98 Å². The summed E-state index contributed by atoms with van der Waals surface area (Å²) in [7, 11) is 0. The molecule has 5 heteroatoms. The lowest BCUT2D eigenvalue weighted by Crippen LogP contribution is -2.39. The van der Waals surface area contributed by atoms with E-state index >= 15 is 0 Å². The van der Waals surface area contributed by atoms with E-state index in [4.69, 9.17) is 4.74 Å². The molecule has 1 aromatic heterocycles. The Morgan fingerprint density at radius 3 is 3.00 bits per heavy atom. The number of anilines is 1. The topological polar surface area (TPSA) is 37.4 Å². The molecular weight excluding hydrogens is 282 g/mol. The highest BCUT2D eigenvalue weighted by molar-refractivity contribution is 7.15. The molecule has 1 aliphatic rings. The van der Waals surface area contributed by atoms with E-state index in [-0.39, 0.29) is 5.54 Å². The van der Waals surface area contributed by atoms with Crippen LogP contribution in [0.1, 0.15) is 51.8 Å². The number of nitrogens with zero attached hydrogens (tertiary/aromatic N) is 2. The van der Waals surface area contributed by atoms with Gasteiger partial charge in [0.1, 0.15) is 0 Å². The van der Waals surface area contributed by atoms with Crippen LogP contribution in [0.15, 0.2) is 6.20 Å². The van der Waals surface area contributed by atoms with Gasteiger partial charge in [-0.05, 0) is 40.0 Å². The van der Waals surface area contributed by atoms with Gasteiger partial charge in [0.05, 0.1) is 6.10 Å². The lowest BCUT2D eigenvalue weighted by atomic mass is 10.1. The quantitative estimate of drug-likeness (QED) is 0.873. The third kappa shape index (κ3) is 5.57. The highest BCUT2D eigenvalue weighted by atomic mass is 32.1. The minimum atomic E-state index is 0.147. The van der Waals surface area contributed by atoms with Crippen LogP contribution in [0.5, 0.6) is 0 Å². The molecule has 0 spiro atoms. The van der Waals surface area contributed by atoms with Gasteiger partial charge in [-0.1, -0.05) is 6.92 Å². The number of thiazole rings is 1. The van der Waals surface area contributed by atoms with Gasteiger partial charge in [0.15, 0.2) is 5.13 Å². The summed E-state index contributed by atoms with van der Waals surface area (Å²) in [6.07, 6.45) is 5.86. The maximum Gasteiger partial charge on any atom is 0.185 e. The Kier molecular flexibility index (Phi) is 6.02. The zero-order valence-corrected chi connectivity index (χ0v) is 14.6. The number of aromatic nitrogens is 1. The first-order valence-corrected chi connectivity index (χ1v) is 8.86. The Hall–Kier alpha value is -0.650. The largest absolute Gasteiger partial charge is 0.376 e. The van der Waals surface area contributed by atoms with Gasteiger partial charge in [0.25, 0.3) is 0 Å². The second-order valence-electron chi connectivity index (χ2n) is 6.79. The SMILES string of the molecule is CCCOC1CCCN(c2ncc(CNC(C)(C)C)s2)C1.